The molecule has 3 rings (SSSR count). The molecule has 0 aliphatic heterocycles. The van der Waals surface area contributed by atoms with Crippen molar-refractivity contribution in [3.8, 4) is 0 Å². The van der Waals surface area contributed by atoms with Crippen molar-refractivity contribution < 1.29 is 5.11 Å². The lowest BCUT2D eigenvalue weighted by Crippen LogP contribution is -2.27. The van der Waals surface area contributed by atoms with Crippen LogP contribution in [0.3, 0.4) is 0 Å². The molecule has 0 spiro atoms. The lowest BCUT2D eigenvalue weighted by Gasteiger charge is -2.17. The van der Waals surface area contributed by atoms with Crippen LogP contribution in [0.15, 0.2) is 42.0 Å². The number of thiophene rings is 1. The van der Waals surface area contributed by atoms with Crippen molar-refractivity contribution >= 4 is 17.0 Å². The zero-order chi connectivity index (χ0) is 15.5. The minimum Gasteiger partial charge on any atom is -0.388 e. The molecule has 0 radical (unpaired) electrons. The Morgan fingerprint density at radius 3 is 3.05 bits per heavy atom. The number of aliphatic hydroxyl groups excluding tert-OH is 1. The summed E-state index contributed by atoms with van der Waals surface area (Å²) >= 11 is 1.60. The van der Waals surface area contributed by atoms with Crippen LogP contribution in [-0.4, -0.2) is 20.5 Å². The maximum atomic E-state index is 10.2. The highest BCUT2D eigenvalue weighted by molar-refractivity contribution is 7.10. The molecule has 2 unspecified atom stereocenters. The van der Waals surface area contributed by atoms with E-state index in [9.17, 15) is 5.11 Å². The summed E-state index contributed by atoms with van der Waals surface area (Å²) in [7, 11) is 0. The Morgan fingerprint density at radius 1 is 1.41 bits per heavy atom. The van der Waals surface area contributed by atoms with Crippen molar-refractivity contribution in [3.05, 3.63) is 58.2 Å². The molecule has 0 fully saturated rings. The molecule has 0 aromatic carbocycles. The Labute approximate surface area is 134 Å². The first-order valence-electron chi connectivity index (χ1n) is 7.51. The third kappa shape index (κ3) is 3.38. The van der Waals surface area contributed by atoms with Gasteiger partial charge in [0.05, 0.1) is 18.0 Å². The van der Waals surface area contributed by atoms with Gasteiger partial charge in [-0.2, -0.15) is 0 Å². The molecule has 116 valence electrons. The predicted molar refractivity (Wildman–Crippen MR) is 90.1 cm³/mol. The molecule has 2 N–H and O–H groups in total. The van der Waals surface area contributed by atoms with Gasteiger partial charge in [0, 0.05) is 23.7 Å². The minimum absolute atomic E-state index is 0.230. The average molecular weight is 315 g/mol. The topological polar surface area (TPSA) is 49.6 Å². The van der Waals surface area contributed by atoms with Gasteiger partial charge in [-0.3, -0.25) is 0 Å². The molecule has 0 saturated heterocycles. The third-order valence-electron chi connectivity index (χ3n) is 3.83. The van der Waals surface area contributed by atoms with E-state index < -0.39 is 6.10 Å². The molecule has 0 aliphatic carbocycles. The van der Waals surface area contributed by atoms with Crippen LogP contribution in [0.5, 0.6) is 0 Å². The van der Waals surface area contributed by atoms with Crippen molar-refractivity contribution in [2.75, 3.05) is 0 Å². The number of imidazole rings is 1. The fraction of sp³-hybridized carbons (Fsp3) is 0.353. The van der Waals surface area contributed by atoms with E-state index in [-0.39, 0.29) is 6.04 Å². The monoisotopic (exact) mass is 315 g/mol. The number of nitrogens with one attached hydrogen (secondary N) is 1. The molecule has 4 nitrogen and oxygen atoms in total. The second-order valence-electron chi connectivity index (χ2n) is 5.73. The number of pyridine rings is 1. The predicted octanol–water partition coefficient (Wildman–Crippen LogP) is 3.31. The molecule has 3 aromatic rings. The Morgan fingerprint density at radius 2 is 2.27 bits per heavy atom. The number of aliphatic hydroxyl groups is 1. The summed E-state index contributed by atoms with van der Waals surface area (Å²) in [5, 5.41) is 15.7. The summed E-state index contributed by atoms with van der Waals surface area (Å²) in [6, 6.07) is 8.35. The number of aromatic nitrogens is 2. The van der Waals surface area contributed by atoms with Crippen LogP contribution in [-0.2, 0) is 6.54 Å². The third-order valence-corrected chi connectivity index (χ3v) is 4.80. The van der Waals surface area contributed by atoms with Crippen LogP contribution in [0, 0.1) is 6.92 Å². The van der Waals surface area contributed by atoms with Gasteiger partial charge in [0.1, 0.15) is 5.65 Å². The van der Waals surface area contributed by atoms with Gasteiger partial charge in [0.25, 0.3) is 0 Å². The Hall–Kier alpha value is -1.69. The Balaban J connectivity index is 1.59. The number of rotatable bonds is 6. The average Bonchev–Trinajstić information content (AvgIpc) is 3.14. The van der Waals surface area contributed by atoms with E-state index >= 15 is 0 Å². The van der Waals surface area contributed by atoms with Crippen LogP contribution >= 0.6 is 11.3 Å². The van der Waals surface area contributed by atoms with E-state index in [1.54, 1.807) is 11.3 Å². The van der Waals surface area contributed by atoms with Gasteiger partial charge < -0.3 is 14.8 Å². The zero-order valence-corrected chi connectivity index (χ0v) is 13.7. The number of fused-ring (bicyclic) bond motifs is 1. The van der Waals surface area contributed by atoms with E-state index in [1.165, 1.54) is 5.56 Å². The van der Waals surface area contributed by atoms with E-state index in [0.717, 1.165) is 22.8 Å². The lowest BCUT2D eigenvalue weighted by molar-refractivity contribution is 0.157. The van der Waals surface area contributed by atoms with Crippen LogP contribution in [0.1, 0.15) is 35.6 Å². The second-order valence-corrected chi connectivity index (χ2v) is 6.71. The first-order chi connectivity index (χ1) is 10.6. The molecule has 0 aliphatic rings. The smallest absolute Gasteiger partial charge is 0.137 e. The molecule has 3 heterocycles. The minimum atomic E-state index is -0.396. The van der Waals surface area contributed by atoms with Gasteiger partial charge in [-0.05, 0) is 49.4 Å². The number of hydrogen-bond donors (Lipinski definition) is 2. The van der Waals surface area contributed by atoms with Crippen LogP contribution in [0.25, 0.3) is 5.65 Å². The van der Waals surface area contributed by atoms with Gasteiger partial charge in [0.2, 0.25) is 0 Å². The quantitative estimate of drug-likeness (QED) is 0.734. The molecule has 0 saturated carbocycles. The molecular formula is C17H21N3OS. The molecule has 2 atom stereocenters. The van der Waals surface area contributed by atoms with E-state index in [0.29, 0.717) is 6.42 Å². The fourth-order valence-electron chi connectivity index (χ4n) is 2.56. The molecule has 5 heteroatoms. The maximum absolute atomic E-state index is 10.2. The molecule has 0 amide bonds. The molecule has 22 heavy (non-hydrogen) atoms. The fourth-order valence-corrected chi connectivity index (χ4v) is 3.28. The maximum Gasteiger partial charge on any atom is 0.137 e. The van der Waals surface area contributed by atoms with E-state index in [1.807, 2.05) is 23.7 Å². The summed E-state index contributed by atoms with van der Waals surface area (Å²) in [4.78, 5) is 5.46. The van der Waals surface area contributed by atoms with Crippen molar-refractivity contribution in [2.24, 2.45) is 0 Å². The summed E-state index contributed by atoms with van der Waals surface area (Å²) in [5.74, 6) is 0. The summed E-state index contributed by atoms with van der Waals surface area (Å²) in [6.45, 7) is 4.91. The highest BCUT2D eigenvalue weighted by Crippen LogP contribution is 2.22. The number of aryl methyl sites for hydroxylation is 1. The van der Waals surface area contributed by atoms with Crippen molar-refractivity contribution in [1.82, 2.24) is 14.7 Å². The van der Waals surface area contributed by atoms with Gasteiger partial charge >= 0.3 is 0 Å². The highest BCUT2D eigenvalue weighted by Gasteiger charge is 2.13. The van der Waals surface area contributed by atoms with Crippen molar-refractivity contribution in [2.45, 2.75) is 39.0 Å². The van der Waals surface area contributed by atoms with E-state index in [2.05, 4.69) is 46.9 Å². The standard InChI is InChI=1S/C17H21N3OS/c1-12-5-6-20-14(11-19-17(20)8-12)10-18-13(2)9-15(21)16-4-3-7-22-16/h3-8,11,13,15,18,21H,9-10H2,1-2H3. The van der Waals surface area contributed by atoms with Gasteiger partial charge in [-0.1, -0.05) is 6.07 Å². The lowest BCUT2D eigenvalue weighted by atomic mass is 10.1. The number of hydrogen-bond acceptors (Lipinski definition) is 4. The zero-order valence-electron chi connectivity index (χ0n) is 12.9. The Kier molecular flexibility index (Phi) is 4.57. The van der Waals surface area contributed by atoms with Crippen LogP contribution in [0.4, 0.5) is 0 Å². The van der Waals surface area contributed by atoms with E-state index in [4.69, 9.17) is 0 Å². The molecule has 0 bridgehead atoms. The van der Waals surface area contributed by atoms with Gasteiger partial charge in [-0.25, -0.2) is 4.98 Å². The largest absolute Gasteiger partial charge is 0.388 e. The second kappa shape index (κ2) is 6.60. The van der Waals surface area contributed by atoms with Gasteiger partial charge in [-0.15, -0.1) is 11.3 Å². The first-order valence-corrected chi connectivity index (χ1v) is 8.39. The Bertz CT molecular complexity index is 736. The highest BCUT2D eigenvalue weighted by atomic mass is 32.1. The van der Waals surface area contributed by atoms with Crippen LogP contribution < -0.4 is 5.32 Å². The summed E-state index contributed by atoms with van der Waals surface area (Å²) in [5.41, 5.74) is 3.32. The summed E-state index contributed by atoms with van der Waals surface area (Å²) in [6.07, 6.45) is 4.27. The van der Waals surface area contributed by atoms with Crippen molar-refractivity contribution in [1.29, 1.82) is 0 Å². The van der Waals surface area contributed by atoms with Gasteiger partial charge in [0.15, 0.2) is 0 Å². The summed E-state index contributed by atoms with van der Waals surface area (Å²) < 4.78 is 2.10. The van der Waals surface area contributed by atoms with Crippen molar-refractivity contribution in [3.63, 3.8) is 0 Å². The number of nitrogens with zero attached hydrogens (tertiary/aromatic N) is 2. The first kappa shape index (κ1) is 15.2. The van der Waals surface area contributed by atoms with Crippen LogP contribution in [0.2, 0.25) is 0 Å². The molecule has 3 aromatic heterocycles. The SMILES string of the molecule is Cc1ccn2c(CNC(C)CC(O)c3cccs3)cnc2c1. The molecular weight excluding hydrogens is 294 g/mol. The normalized spacial score (nSPS) is 14.3.